The zero-order valence-electron chi connectivity index (χ0n) is 16.4. The van der Waals surface area contributed by atoms with Crippen molar-refractivity contribution in [1.29, 1.82) is 5.26 Å². The van der Waals surface area contributed by atoms with E-state index in [-0.39, 0.29) is 5.57 Å². The van der Waals surface area contributed by atoms with Crippen LogP contribution in [0.5, 0.6) is 0 Å². The van der Waals surface area contributed by atoms with E-state index in [0.29, 0.717) is 22.1 Å². The van der Waals surface area contributed by atoms with Gasteiger partial charge in [-0.25, -0.2) is 0 Å². The summed E-state index contributed by atoms with van der Waals surface area (Å²) >= 11 is 4.75. The number of fused-ring (bicyclic) bond motifs is 1. The van der Waals surface area contributed by atoms with Gasteiger partial charge in [0.1, 0.15) is 28.2 Å². The Labute approximate surface area is 191 Å². The van der Waals surface area contributed by atoms with Gasteiger partial charge in [0.2, 0.25) is 0 Å². The lowest BCUT2D eigenvalue weighted by molar-refractivity contribution is -0.112. The zero-order chi connectivity index (χ0) is 22.0. The number of hydrogen-bond acceptors (Lipinski definition) is 5. The third-order valence-corrected chi connectivity index (χ3v) is 6.79. The van der Waals surface area contributed by atoms with Crippen LogP contribution in [0.1, 0.15) is 39.4 Å². The predicted molar refractivity (Wildman–Crippen MR) is 124 cm³/mol. The Bertz CT molecular complexity index is 1230. The number of nitrogens with one attached hydrogen (secondary N) is 1. The molecule has 31 heavy (non-hydrogen) atoms. The summed E-state index contributed by atoms with van der Waals surface area (Å²) in [6.07, 6.45) is 5.05. The maximum Gasteiger partial charge on any atom is 0.267 e. The number of hydrogen-bond donors (Lipinski definition) is 2. The topological polar surface area (TPSA) is 109 Å². The predicted octanol–water partition coefficient (Wildman–Crippen LogP) is 5.29. The molecule has 2 amide bonds. The van der Waals surface area contributed by atoms with Gasteiger partial charge >= 0.3 is 0 Å². The highest BCUT2D eigenvalue weighted by atomic mass is 79.9. The number of amides is 2. The molecule has 0 saturated carbocycles. The number of benzene rings is 1. The number of aryl methyl sites for hydroxylation is 1. The fraction of sp³-hybridized carbons (Fsp3) is 0.174. The molecule has 1 aliphatic rings. The second kappa shape index (κ2) is 8.92. The van der Waals surface area contributed by atoms with Crippen LogP contribution in [0.4, 0.5) is 5.00 Å². The highest BCUT2D eigenvalue weighted by Gasteiger charge is 2.25. The van der Waals surface area contributed by atoms with Gasteiger partial charge in [-0.05, 0) is 55.5 Å². The van der Waals surface area contributed by atoms with E-state index in [9.17, 15) is 14.9 Å². The third kappa shape index (κ3) is 4.48. The maximum absolute atomic E-state index is 12.8. The molecular formula is C23H18BrN3O3S. The molecule has 156 valence electrons. The molecule has 0 saturated heterocycles. The lowest BCUT2D eigenvalue weighted by atomic mass is 9.95. The molecule has 3 N–H and O–H groups in total. The van der Waals surface area contributed by atoms with Crippen molar-refractivity contribution in [2.45, 2.75) is 25.7 Å². The molecule has 0 fully saturated rings. The number of halogens is 1. The first-order chi connectivity index (χ1) is 15.0. The average Bonchev–Trinajstić information content (AvgIpc) is 3.36. The summed E-state index contributed by atoms with van der Waals surface area (Å²) < 4.78 is 6.73. The molecule has 0 unspecified atom stereocenters. The van der Waals surface area contributed by atoms with Gasteiger partial charge in [-0.15, -0.1) is 11.3 Å². The second-order valence-corrected chi connectivity index (χ2v) is 9.13. The molecule has 1 aromatic carbocycles. The van der Waals surface area contributed by atoms with Gasteiger partial charge in [-0.1, -0.05) is 28.1 Å². The SMILES string of the molecule is N#CC(=Cc1ccc(-c2ccc(Br)cc2)o1)C(=O)Nc1sc2c(c1C(N)=O)CCCC2. The number of anilines is 1. The van der Waals surface area contributed by atoms with Crippen molar-refractivity contribution in [2.75, 3.05) is 5.32 Å². The molecule has 1 aliphatic carbocycles. The zero-order valence-corrected chi connectivity index (χ0v) is 18.8. The summed E-state index contributed by atoms with van der Waals surface area (Å²) in [5.74, 6) is -0.170. The lowest BCUT2D eigenvalue weighted by Gasteiger charge is -2.11. The van der Waals surface area contributed by atoms with Crippen molar-refractivity contribution in [1.82, 2.24) is 0 Å². The summed E-state index contributed by atoms with van der Waals surface area (Å²) in [5.41, 5.74) is 7.61. The smallest absolute Gasteiger partial charge is 0.267 e. The number of nitrogens with zero attached hydrogens (tertiary/aromatic N) is 1. The molecular weight excluding hydrogens is 478 g/mol. The molecule has 2 heterocycles. The molecule has 0 spiro atoms. The molecule has 6 nitrogen and oxygen atoms in total. The van der Waals surface area contributed by atoms with Crippen molar-refractivity contribution in [3.8, 4) is 17.4 Å². The molecule has 2 aromatic heterocycles. The Balaban J connectivity index is 1.58. The lowest BCUT2D eigenvalue weighted by Crippen LogP contribution is -2.19. The van der Waals surface area contributed by atoms with E-state index in [1.165, 1.54) is 17.4 Å². The fourth-order valence-corrected chi connectivity index (χ4v) is 5.13. The largest absolute Gasteiger partial charge is 0.457 e. The normalized spacial score (nSPS) is 13.4. The standard InChI is InChI=1S/C23H18BrN3O3S/c24-15-7-5-13(6-8-15)18-10-9-16(30-18)11-14(12-25)22(29)27-23-20(21(26)28)17-3-1-2-4-19(17)31-23/h5-11H,1-4H2,(H2,26,28)(H,27,29). The highest BCUT2D eigenvalue weighted by Crippen LogP contribution is 2.38. The first-order valence-electron chi connectivity index (χ1n) is 9.69. The molecule has 0 aliphatic heterocycles. The number of primary amides is 1. The van der Waals surface area contributed by atoms with Crippen LogP contribution in [0.2, 0.25) is 0 Å². The summed E-state index contributed by atoms with van der Waals surface area (Å²) in [7, 11) is 0. The van der Waals surface area contributed by atoms with Gasteiger partial charge in [0.25, 0.3) is 11.8 Å². The van der Waals surface area contributed by atoms with Crippen LogP contribution in [0.15, 0.2) is 50.9 Å². The summed E-state index contributed by atoms with van der Waals surface area (Å²) in [6, 6.07) is 13.0. The second-order valence-electron chi connectivity index (χ2n) is 7.11. The minimum Gasteiger partial charge on any atom is -0.457 e. The van der Waals surface area contributed by atoms with E-state index in [2.05, 4.69) is 21.2 Å². The summed E-state index contributed by atoms with van der Waals surface area (Å²) in [4.78, 5) is 25.8. The van der Waals surface area contributed by atoms with Crippen LogP contribution < -0.4 is 11.1 Å². The van der Waals surface area contributed by atoms with E-state index < -0.39 is 11.8 Å². The van der Waals surface area contributed by atoms with Crippen molar-refractivity contribution in [2.24, 2.45) is 5.73 Å². The van der Waals surface area contributed by atoms with Gasteiger partial charge in [0.15, 0.2) is 0 Å². The van der Waals surface area contributed by atoms with E-state index >= 15 is 0 Å². The van der Waals surface area contributed by atoms with E-state index in [1.54, 1.807) is 12.1 Å². The van der Waals surface area contributed by atoms with Crippen molar-refractivity contribution < 1.29 is 14.0 Å². The molecule has 4 rings (SSSR count). The average molecular weight is 496 g/mol. The molecule has 8 heteroatoms. The number of furan rings is 1. The monoisotopic (exact) mass is 495 g/mol. The minimum atomic E-state index is -0.606. The van der Waals surface area contributed by atoms with E-state index in [4.69, 9.17) is 10.2 Å². The molecule has 0 atom stereocenters. The molecule has 0 bridgehead atoms. The number of carbonyl (C=O) groups is 2. The Morgan fingerprint density at radius 2 is 1.90 bits per heavy atom. The Hall–Kier alpha value is -3.15. The van der Waals surface area contributed by atoms with Gasteiger partial charge < -0.3 is 15.5 Å². The summed E-state index contributed by atoms with van der Waals surface area (Å²) in [5, 5.41) is 12.6. The van der Waals surface area contributed by atoms with Crippen LogP contribution in [0, 0.1) is 11.3 Å². The summed E-state index contributed by atoms with van der Waals surface area (Å²) in [6.45, 7) is 0. The number of nitriles is 1. The fourth-order valence-electron chi connectivity index (χ4n) is 3.58. The van der Waals surface area contributed by atoms with Crippen LogP contribution in [0.3, 0.4) is 0 Å². The maximum atomic E-state index is 12.8. The Morgan fingerprint density at radius 1 is 1.16 bits per heavy atom. The quantitative estimate of drug-likeness (QED) is 0.369. The minimum absolute atomic E-state index is 0.126. The molecule has 0 radical (unpaired) electrons. The van der Waals surface area contributed by atoms with Gasteiger partial charge in [-0.3, -0.25) is 9.59 Å². The van der Waals surface area contributed by atoms with Gasteiger partial charge in [0.05, 0.1) is 5.56 Å². The Kier molecular flexibility index (Phi) is 6.07. The van der Waals surface area contributed by atoms with Gasteiger partial charge in [-0.2, -0.15) is 5.26 Å². The van der Waals surface area contributed by atoms with Crippen molar-refractivity contribution in [3.05, 3.63) is 68.2 Å². The number of rotatable bonds is 5. The first kappa shape index (κ1) is 21.1. The Morgan fingerprint density at radius 3 is 2.61 bits per heavy atom. The van der Waals surface area contributed by atoms with Crippen LogP contribution in [-0.2, 0) is 17.6 Å². The van der Waals surface area contributed by atoms with E-state index in [1.807, 2.05) is 30.3 Å². The number of thiophene rings is 1. The van der Waals surface area contributed by atoms with Gasteiger partial charge in [0, 0.05) is 21.0 Å². The van der Waals surface area contributed by atoms with Crippen molar-refractivity contribution in [3.63, 3.8) is 0 Å². The van der Waals surface area contributed by atoms with E-state index in [0.717, 1.165) is 46.2 Å². The van der Waals surface area contributed by atoms with Crippen molar-refractivity contribution >= 4 is 50.2 Å². The number of carbonyl (C=O) groups excluding carboxylic acids is 2. The highest BCUT2D eigenvalue weighted by molar-refractivity contribution is 9.10. The van der Waals surface area contributed by atoms with Crippen LogP contribution >= 0.6 is 27.3 Å². The number of nitrogens with two attached hydrogens (primary N) is 1. The van der Waals surface area contributed by atoms with Crippen LogP contribution in [0.25, 0.3) is 17.4 Å². The van der Waals surface area contributed by atoms with Crippen LogP contribution in [-0.4, -0.2) is 11.8 Å². The third-order valence-electron chi connectivity index (χ3n) is 5.05. The first-order valence-corrected chi connectivity index (χ1v) is 11.3. The molecule has 3 aromatic rings.